The first-order chi connectivity index (χ1) is 22.3. The lowest BCUT2D eigenvalue weighted by molar-refractivity contribution is 0.00570. The van der Waals surface area contributed by atoms with Crippen LogP contribution in [0.3, 0.4) is 0 Å². The second kappa shape index (κ2) is 13.6. The largest absolute Gasteiger partial charge is 0.394 e. The van der Waals surface area contributed by atoms with Crippen LogP contribution in [0.15, 0.2) is 97.1 Å². The molecule has 3 aliphatic rings. The Kier molecular flexibility index (Phi) is 9.18. The Balaban J connectivity index is 1.38. The molecule has 4 aromatic carbocycles. The molecule has 4 heteroatoms. The third kappa shape index (κ3) is 5.57. The molecule has 4 aromatic rings. The van der Waals surface area contributed by atoms with Crippen molar-refractivity contribution < 1.29 is 19.7 Å². The van der Waals surface area contributed by atoms with E-state index in [1.54, 1.807) is 0 Å². The second-order valence-corrected chi connectivity index (χ2v) is 13.2. The lowest BCUT2D eigenvalue weighted by atomic mass is 9.62. The van der Waals surface area contributed by atoms with Crippen LogP contribution in [-0.4, -0.2) is 48.8 Å². The van der Waals surface area contributed by atoms with Crippen LogP contribution >= 0.6 is 0 Å². The topological polar surface area (TPSA) is 58.9 Å². The smallest absolute Gasteiger partial charge is 0.0719 e. The van der Waals surface area contributed by atoms with Crippen molar-refractivity contribution in [1.29, 1.82) is 0 Å². The maximum Gasteiger partial charge on any atom is 0.0719 e. The highest BCUT2D eigenvalue weighted by Gasteiger charge is 2.49. The van der Waals surface area contributed by atoms with Crippen LogP contribution in [0.25, 0.3) is 11.1 Å². The lowest BCUT2D eigenvalue weighted by Crippen LogP contribution is -2.33. The van der Waals surface area contributed by atoms with Gasteiger partial charge in [-0.2, -0.15) is 0 Å². The Morgan fingerprint density at radius 1 is 0.467 bits per heavy atom. The maximum atomic E-state index is 9.31. The molecule has 0 unspecified atom stereocenters. The minimum absolute atomic E-state index is 0.0842. The number of fused-ring (bicyclic) bond motifs is 3. The first kappa shape index (κ1) is 30.4. The van der Waals surface area contributed by atoms with Crippen molar-refractivity contribution in [1.82, 2.24) is 0 Å². The van der Waals surface area contributed by atoms with Crippen molar-refractivity contribution in [3.8, 4) is 11.1 Å². The summed E-state index contributed by atoms with van der Waals surface area (Å²) >= 11 is 0. The summed E-state index contributed by atoms with van der Waals surface area (Å²) in [6.07, 6.45) is 8.93. The van der Waals surface area contributed by atoms with Gasteiger partial charge in [0.25, 0.3) is 0 Å². The van der Waals surface area contributed by atoms with E-state index in [2.05, 4.69) is 97.1 Å². The number of hydrogen-bond donors (Lipinski definition) is 2. The molecule has 0 heterocycles. The molecule has 0 aromatic heterocycles. The number of ether oxygens (including phenoxy) is 2. The van der Waals surface area contributed by atoms with Gasteiger partial charge in [-0.15, -0.1) is 0 Å². The van der Waals surface area contributed by atoms with E-state index in [-0.39, 0.29) is 25.4 Å². The van der Waals surface area contributed by atoms with Gasteiger partial charge in [-0.05, 0) is 108 Å². The minimum atomic E-state index is -0.422. The lowest BCUT2D eigenvalue weighted by Gasteiger charge is -2.41. The molecule has 0 amide bonds. The summed E-state index contributed by atoms with van der Waals surface area (Å²) in [5, 5.41) is 18.6. The van der Waals surface area contributed by atoms with E-state index in [0.717, 1.165) is 51.4 Å². The van der Waals surface area contributed by atoms with E-state index in [1.165, 1.54) is 44.5 Å². The number of aliphatic hydroxyl groups is 2. The van der Waals surface area contributed by atoms with E-state index in [9.17, 15) is 10.2 Å². The maximum absolute atomic E-state index is 9.31. The fourth-order valence-electron chi connectivity index (χ4n) is 8.87. The Hall–Kier alpha value is -3.28. The number of rotatable bonds is 10. The minimum Gasteiger partial charge on any atom is -0.394 e. The molecule has 0 saturated heterocycles. The summed E-state index contributed by atoms with van der Waals surface area (Å²) in [6.45, 7) is 1.02. The van der Waals surface area contributed by atoms with Gasteiger partial charge in [-0.3, -0.25) is 0 Å². The molecular formula is C41H46O4. The molecule has 45 heavy (non-hydrogen) atoms. The first-order valence-electron chi connectivity index (χ1n) is 17.1. The third-order valence-electron chi connectivity index (χ3n) is 10.8. The number of hydrogen-bond acceptors (Lipinski definition) is 4. The van der Waals surface area contributed by atoms with Crippen LogP contribution in [0.5, 0.6) is 0 Å². The fourth-order valence-corrected chi connectivity index (χ4v) is 8.87. The first-order valence-corrected chi connectivity index (χ1v) is 17.1. The number of aliphatic hydroxyl groups excluding tert-OH is 2. The van der Waals surface area contributed by atoms with Crippen molar-refractivity contribution in [2.75, 3.05) is 26.4 Å². The molecule has 0 atom stereocenters. The van der Waals surface area contributed by atoms with Crippen molar-refractivity contribution in [2.24, 2.45) is 0 Å². The van der Waals surface area contributed by atoms with Gasteiger partial charge >= 0.3 is 0 Å². The van der Waals surface area contributed by atoms with Crippen molar-refractivity contribution >= 4 is 0 Å². The highest BCUT2D eigenvalue weighted by atomic mass is 16.5. The van der Waals surface area contributed by atoms with Crippen molar-refractivity contribution in [2.45, 2.75) is 80.8 Å². The standard InChI is InChI=1S/C41H46O4/c42-25-27-44-31-21-17-29(18-22-31)33-9-1-5-13-37(33)41(39-15-7-3-11-35(39)36-12-4-8-16-40(36)41)38-14-6-2-10-34(38)30-19-23-32(24-20-30)45-28-26-43/h1-16,29-32,42-43H,17-28H2. The molecule has 3 aliphatic carbocycles. The summed E-state index contributed by atoms with van der Waals surface area (Å²) in [7, 11) is 0. The van der Waals surface area contributed by atoms with Gasteiger partial charge in [0.2, 0.25) is 0 Å². The van der Waals surface area contributed by atoms with Crippen LogP contribution in [0, 0.1) is 0 Å². The molecule has 4 nitrogen and oxygen atoms in total. The fraction of sp³-hybridized carbons (Fsp3) is 0.415. The average molecular weight is 603 g/mol. The van der Waals surface area contributed by atoms with Crippen molar-refractivity contribution in [3.63, 3.8) is 0 Å². The average Bonchev–Trinajstić information content (AvgIpc) is 3.41. The molecule has 7 rings (SSSR count). The monoisotopic (exact) mass is 602 g/mol. The molecule has 0 radical (unpaired) electrons. The van der Waals surface area contributed by atoms with Gasteiger partial charge < -0.3 is 19.7 Å². The number of benzene rings is 4. The second-order valence-electron chi connectivity index (χ2n) is 13.2. The van der Waals surface area contributed by atoms with E-state index >= 15 is 0 Å². The molecule has 2 N–H and O–H groups in total. The summed E-state index contributed by atoms with van der Waals surface area (Å²) in [5.41, 5.74) is 10.7. The summed E-state index contributed by atoms with van der Waals surface area (Å²) in [4.78, 5) is 0. The SMILES string of the molecule is OCCOC1CCC(c2ccccc2C2(c3ccccc3C3CCC(OCCO)CC3)c3ccccc3-c3ccccc32)CC1. The Morgan fingerprint density at radius 2 is 0.822 bits per heavy atom. The van der Waals surface area contributed by atoms with E-state index in [4.69, 9.17) is 9.47 Å². The molecule has 0 spiro atoms. The summed E-state index contributed by atoms with van der Waals surface area (Å²) in [5.74, 6) is 0.913. The Morgan fingerprint density at radius 3 is 1.22 bits per heavy atom. The molecule has 0 bridgehead atoms. The Labute approximate surface area is 268 Å². The normalized spacial score (nSPS) is 23.8. The van der Waals surface area contributed by atoms with Crippen LogP contribution in [0.4, 0.5) is 0 Å². The van der Waals surface area contributed by atoms with Crippen LogP contribution in [-0.2, 0) is 14.9 Å². The zero-order valence-electron chi connectivity index (χ0n) is 26.2. The molecule has 234 valence electrons. The van der Waals surface area contributed by atoms with Gasteiger partial charge in [0, 0.05) is 0 Å². The molecular weight excluding hydrogens is 556 g/mol. The van der Waals surface area contributed by atoms with Crippen LogP contribution in [0.1, 0.15) is 96.6 Å². The van der Waals surface area contributed by atoms with Crippen molar-refractivity contribution in [3.05, 3.63) is 130 Å². The highest BCUT2D eigenvalue weighted by molar-refractivity contribution is 5.87. The van der Waals surface area contributed by atoms with E-state index in [1.807, 2.05) is 0 Å². The van der Waals surface area contributed by atoms with Crippen LogP contribution < -0.4 is 0 Å². The van der Waals surface area contributed by atoms with Gasteiger partial charge in [0.15, 0.2) is 0 Å². The third-order valence-corrected chi connectivity index (χ3v) is 10.8. The van der Waals surface area contributed by atoms with Gasteiger partial charge in [-0.1, -0.05) is 97.1 Å². The van der Waals surface area contributed by atoms with Gasteiger partial charge in [0.1, 0.15) is 0 Å². The predicted molar refractivity (Wildman–Crippen MR) is 180 cm³/mol. The van der Waals surface area contributed by atoms with Gasteiger partial charge in [0.05, 0.1) is 44.1 Å². The molecule has 0 aliphatic heterocycles. The molecule has 2 saturated carbocycles. The predicted octanol–water partition coefficient (Wildman–Crippen LogP) is 8.12. The zero-order chi connectivity index (χ0) is 30.6. The van der Waals surface area contributed by atoms with Gasteiger partial charge in [-0.25, -0.2) is 0 Å². The molecule has 2 fully saturated rings. The summed E-state index contributed by atoms with van der Waals surface area (Å²) in [6, 6.07) is 36.8. The highest BCUT2D eigenvalue weighted by Crippen LogP contribution is 2.59. The summed E-state index contributed by atoms with van der Waals surface area (Å²) < 4.78 is 11.9. The van der Waals surface area contributed by atoms with E-state index < -0.39 is 5.41 Å². The Bertz CT molecular complexity index is 1460. The van der Waals surface area contributed by atoms with Crippen LogP contribution in [0.2, 0.25) is 0 Å². The zero-order valence-corrected chi connectivity index (χ0v) is 26.2. The quantitative estimate of drug-likeness (QED) is 0.170. The van der Waals surface area contributed by atoms with E-state index in [0.29, 0.717) is 25.0 Å².